The van der Waals surface area contributed by atoms with Gasteiger partial charge in [-0.1, -0.05) is 0 Å². The van der Waals surface area contributed by atoms with Crippen molar-refractivity contribution in [2.45, 2.75) is 70.1 Å². The Morgan fingerprint density at radius 3 is 2.71 bits per heavy atom. The first-order valence-corrected chi connectivity index (χ1v) is 7.91. The Labute approximate surface area is 127 Å². The van der Waals surface area contributed by atoms with E-state index in [1.165, 1.54) is 0 Å². The van der Waals surface area contributed by atoms with Gasteiger partial charge < -0.3 is 20.1 Å². The molecule has 0 aromatic carbocycles. The van der Waals surface area contributed by atoms with E-state index < -0.39 is 5.60 Å². The molecule has 0 aromatic rings. The van der Waals surface area contributed by atoms with Gasteiger partial charge in [0.15, 0.2) is 0 Å². The van der Waals surface area contributed by atoms with Crippen molar-refractivity contribution < 1.29 is 14.3 Å². The van der Waals surface area contributed by atoms with Crippen LogP contribution in [0.1, 0.15) is 52.9 Å². The van der Waals surface area contributed by atoms with E-state index in [4.69, 9.17) is 9.47 Å². The van der Waals surface area contributed by atoms with Gasteiger partial charge in [0.2, 0.25) is 0 Å². The van der Waals surface area contributed by atoms with Crippen molar-refractivity contribution in [2.24, 2.45) is 0 Å². The average Bonchev–Trinajstić information content (AvgIpc) is 2.34. The van der Waals surface area contributed by atoms with Gasteiger partial charge in [0.25, 0.3) is 0 Å². The molecule has 1 saturated carbocycles. The maximum absolute atomic E-state index is 11.9. The molecular weight excluding hydrogens is 268 g/mol. The molecule has 2 N–H and O–H groups in total. The minimum Gasteiger partial charge on any atom is -0.497 e. The molecule has 5 heteroatoms. The van der Waals surface area contributed by atoms with Crippen LogP contribution in [0.2, 0.25) is 0 Å². The van der Waals surface area contributed by atoms with Gasteiger partial charge in [0.1, 0.15) is 11.7 Å². The van der Waals surface area contributed by atoms with Gasteiger partial charge in [0.05, 0.1) is 11.8 Å². The third kappa shape index (κ3) is 5.23. The van der Waals surface area contributed by atoms with Crippen LogP contribution in [0.3, 0.4) is 0 Å². The van der Waals surface area contributed by atoms with E-state index in [-0.39, 0.29) is 17.7 Å². The van der Waals surface area contributed by atoms with Crippen molar-refractivity contribution in [2.75, 3.05) is 13.1 Å². The molecule has 0 spiro atoms. The number of alkyl carbamates (subject to hydrolysis) is 1. The summed E-state index contributed by atoms with van der Waals surface area (Å²) in [5, 5.41) is 6.48. The monoisotopic (exact) mass is 296 g/mol. The number of rotatable bonds is 5. The predicted octanol–water partition coefficient (Wildman–Crippen LogP) is 2.72. The van der Waals surface area contributed by atoms with Crippen LogP contribution >= 0.6 is 0 Å². The van der Waals surface area contributed by atoms with E-state index in [1.807, 2.05) is 26.8 Å². The highest BCUT2D eigenvalue weighted by Gasteiger charge is 2.39. The number of amides is 1. The summed E-state index contributed by atoms with van der Waals surface area (Å²) in [7, 11) is 0. The van der Waals surface area contributed by atoms with E-state index >= 15 is 0 Å². The fraction of sp³-hybridized carbons (Fsp3) is 0.812. The molecule has 1 amide bonds. The van der Waals surface area contributed by atoms with Crippen molar-refractivity contribution in [1.29, 1.82) is 0 Å². The summed E-state index contributed by atoms with van der Waals surface area (Å²) in [6.07, 6.45) is 9.05. The standard InChI is InChI=1S/C16H28N2O3/c1-15(2,3)21-14(19)18-16(8-6-9-16)12-17-11-13-7-4-5-10-20-13/h5,10,13,17H,4,6-9,11-12H2,1-3H3,(H,18,19). The first-order chi connectivity index (χ1) is 9.89. The molecule has 0 bridgehead atoms. The van der Waals surface area contributed by atoms with Crippen LogP contribution in [0.15, 0.2) is 12.3 Å². The van der Waals surface area contributed by atoms with Crippen molar-refractivity contribution in [1.82, 2.24) is 10.6 Å². The quantitative estimate of drug-likeness (QED) is 0.819. The summed E-state index contributed by atoms with van der Waals surface area (Å²) in [4.78, 5) is 11.9. The second-order valence-corrected chi connectivity index (χ2v) is 7.10. The lowest BCUT2D eigenvalue weighted by Gasteiger charge is -2.43. The smallest absolute Gasteiger partial charge is 0.408 e. The molecule has 1 unspecified atom stereocenters. The van der Waals surface area contributed by atoms with Crippen LogP contribution in [0.25, 0.3) is 0 Å². The summed E-state index contributed by atoms with van der Waals surface area (Å²) in [6.45, 7) is 7.24. The summed E-state index contributed by atoms with van der Waals surface area (Å²) in [5.74, 6) is 0. The summed E-state index contributed by atoms with van der Waals surface area (Å²) < 4.78 is 10.9. The highest BCUT2D eigenvalue weighted by molar-refractivity contribution is 5.69. The second-order valence-electron chi connectivity index (χ2n) is 7.10. The van der Waals surface area contributed by atoms with E-state index in [0.29, 0.717) is 0 Å². The third-order valence-corrected chi connectivity index (χ3v) is 3.93. The van der Waals surface area contributed by atoms with E-state index in [9.17, 15) is 4.79 Å². The summed E-state index contributed by atoms with van der Waals surface area (Å²) >= 11 is 0. The van der Waals surface area contributed by atoms with Crippen molar-refractivity contribution in [3.8, 4) is 0 Å². The number of carbonyl (C=O) groups excluding carboxylic acids is 1. The largest absolute Gasteiger partial charge is 0.497 e. The van der Waals surface area contributed by atoms with E-state index in [0.717, 1.165) is 45.2 Å². The van der Waals surface area contributed by atoms with E-state index in [2.05, 4.69) is 10.6 Å². The molecule has 1 heterocycles. The topological polar surface area (TPSA) is 59.6 Å². The maximum Gasteiger partial charge on any atom is 0.408 e. The average molecular weight is 296 g/mol. The van der Waals surface area contributed by atoms with Gasteiger partial charge >= 0.3 is 6.09 Å². The molecule has 2 aliphatic rings. The minimum atomic E-state index is -0.454. The Morgan fingerprint density at radius 2 is 2.19 bits per heavy atom. The zero-order chi connectivity index (χ0) is 15.3. The Bertz CT molecular complexity index is 383. The first-order valence-electron chi connectivity index (χ1n) is 7.91. The molecule has 1 aliphatic heterocycles. The van der Waals surface area contributed by atoms with Crippen LogP contribution in [-0.4, -0.2) is 36.4 Å². The Morgan fingerprint density at radius 1 is 1.43 bits per heavy atom. The van der Waals surface area contributed by atoms with Crippen molar-refractivity contribution in [3.05, 3.63) is 12.3 Å². The number of ether oxygens (including phenoxy) is 2. The first kappa shape index (κ1) is 16.1. The number of hydrogen-bond acceptors (Lipinski definition) is 4. The normalized spacial score (nSPS) is 23.9. The maximum atomic E-state index is 11.9. The zero-order valence-corrected chi connectivity index (χ0v) is 13.4. The molecule has 1 fully saturated rings. The molecule has 0 radical (unpaired) electrons. The summed E-state index contributed by atoms with van der Waals surface area (Å²) in [6, 6.07) is 0. The predicted molar refractivity (Wildman–Crippen MR) is 82.1 cm³/mol. The molecule has 1 atom stereocenters. The molecule has 21 heavy (non-hydrogen) atoms. The number of carbonyl (C=O) groups is 1. The lowest BCUT2D eigenvalue weighted by Crippen LogP contribution is -2.60. The summed E-state index contributed by atoms with van der Waals surface area (Å²) in [5.41, 5.74) is -0.600. The minimum absolute atomic E-state index is 0.146. The van der Waals surface area contributed by atoms with Crippen molar-refractivity contribution in [3.63, 3.8) is 0 Å². The third-order valence-electron chi connectivity index (χ3n) is 3.93. The van der Waals surface area contributed by atoms with Gasteiger partial charge in [-0.15, -0.1) is 0 Å². The second kappa shape index (κ2) is 6.69. The fourth-order valence-corrected chi connectivity index (χ4v) is 2.68. The van der Waals surface area contributed by atoms with Crippen LogP contribution in [0.4, 0.5) is 4.79 Å². The van der Waals surface area contributed by atoms with Crippen LogP contribution < -0.4 is 10.6 Å². The zero-order valence-electron chi connectivity index (χ0n) is 13.4. The number of allylic oxidation sites excluding steroid dienone is 1. The molecule has 120 valence electrons. The Balaban J connectivity index is 1.73. The van der Waals surface area contributed by atoms with Crippen LogP contribution in [0.5, 0.6) is 0 Å². The van der Waals surface area contributed by atoms with Gasteiger partial charge in [0, 0.05) is 13.1 Å². The SMILES string of the molecule is CC(C)(C)OC(=O)NC1(CNCC2CCC=CO2)CCC1. The lowest BCUT2D eigenvalue weighted by atomic mass is 9.76. The highest BCUT2D eigenvalue weighted by Crippen LogP contribution is 2.31. The van der Waals surface area contributed by atoms with Gasteiger partial charge in [-0.05, 0) is 59.0 Å². The molecule has 2 rings (SSSR count). The van der Waals surface area contributed by atoms with Gasteiger partial charge in [-0.2, -0.15) is 0 Å². The van der Waals surface area contributed by atoms with Crippen molar-refractivity contribution >= 4 is 6.09 Å². The lowest BCUT2D eigenvalue weighted by molar-refractivity contribution is 0.0376. The Kier molecular flexibility index (Phi) is 5.14. The fourth-order valence-electron chi connectivity index (χ4n) is 2.68. The number of hydrogen-bond donors (Lipinski definition) is 2. The Hall–Kier alpha value is -1.23. The molecular formula is C16H28N2O3. The highest BCUT2D eigenvalue weighted by atomic mass is 16.6. The molecule has 1 aliphatic carbocycles. The number of nitrogens with one attached hydrogen (secondary N) is 2. The van der Waals surface area contributed by atoms with Crippen LogP contribution in [-0.2, 0) is 9.47 Å². The van der Waals surface area contributed by atoms with E-state index in [1.54, 1.807) is 6.26 Å². The molecule has 5 nitrogen and oxygen atoms in total. The van der Waals surface area contributed by atoms with Gasteiger partial charge in [-0.25, -0.2) is 4.79 Å². The molecule has 0 aromatic heterocycles. The molecule has 0 saturated heterocycles. The van der Waals surface area contributed by atoms with Gasteiger partial charge in [-0.3, -0.25) is 0 Å². The van der Waals surface area contributed by atoms with Crippen LogP contribution in [0, 0.1) is 0 Å².